The van der Waals surface area contributed by atoms with E-state index in [1.165, 1.54) is 0 Å². The van der Waals surface area contributed by atoms with Crippen molar-refractivity contribution < 1.29 is 14.6 Å². The molecule has 0 amide bonds. The fraction of sp³-hybridized carbons (Fsp3) is 0.417. The number of rotatable bonds is 4. The molecular weight excluding hydrogens is 192 g/mol. The van der Waals surface area contributed by atoms with E-state index in [1.807, 2.05) is 32.0 Å². The molecule has 0 radical (unpaired) electrons. The van der Waals surface area contributed by atoms with Crippen LogP contribution in [0.3, 0.4) is 0 Å². The van der Waals surface area contributed by atoms with Crippen LogP contribution in [0.5, 0.6) is 5.75 Å². The third-order valence-corrected chi connectivity index (χ3v) is 2.26. The summed E-state index contributed by atoms with van der Waals surface area (Å²) in [5.41, 5.74) is 2.02. The van der Waals surface area contributed by atoms with Crippen LogP contribution in [-0.4, -0.2) is 17.2 Å². The number of ether oxygens (including phenoxy) is 1. The maximum atomic E-state index is 10.8. The molecule has 1 atom stereocenters. The van der Waals surface area contributed by atoms with Crippen molar-refractivity contribution in [3.05, 3.63) is 29.3 Å². The lowest BCUT2D eigenvalue weighted by atomic mass is 10.1. The number of hydrogen-bond donors (Lipinski definition) is 1. The first-order valence-electron chi connectivity index (χ1n) is 5.01. The predicted octanol–water partition coefficient (Wildman–Crippen LogP) is 2.55. The molecule has 0 aromatic heterocycles. The van der Waals surface area contributed by atoms with Gasteiger partial charge < -0.3 is 9.84 Å². The molecule has 3 nitrogen and oxygen atoms in total. The van der Waals surface area contributed by atoms with E-state index in [0.29, 0.717) is 12.2 Å². The molecule has 0 heterocycles. The second-order valence-electron chi connectivity index (χ2n) is 3.62. The number of benzene rings is 1. The summed E-state index contributed by atoms with van der Waals surface area (Å²) in [7, 11) is 0. The molecule has 1 N–H and O–H groups in total. The van der Waals surface area contributed by atoms with E-state index >= 15 is 0 Å². The van der Waals surface area contributed by atoms with Gasteiger partial charge in [0.05, 0.1) is 0 Å². The molecule has 0 aliphatic rings. The van der Waals surface area contributed by atoms with Crippen molar-refractivity contribution in [2.75, 3.05) is 0 Å². The molecule has 82 valence electrons. The smallest absolute Gasteiger partial charge is 0.344 e. The lowest BCUT2D eigenvalue weighted by Gasteiger charge is -2.15. The number of carboxylic acid groups (broad SMARTS) is 1. The van der Waals surface area contributed by atoms with Crippen molar-refractivity contribution in [1.82, 2.24) is 0 Å². The maximum absolute atomic E-state index is 10.8. The Bertz CT molecular complexity index is 358. The van der Waals surface area contributed by atoms with Crippen molar-refractivity contribution in [2.45, 2.75) is 33.3 Å². The van der Waals surface area contributed by atoms with Gasteiger partial charge in [-0.05, 0) is 37.5 Å². The van der Waals surface area contributed by atoms with Gasteiger partial charge >= 0.3 is 5.97 Å². The summed E-state index contributed by atoms with van der Waals surface area (Å²) in [5, 5.41) is 8.87. The molecule has 0 aliphatic carbocycles. The summed E-state index contributed by atoms with van der Waals surface area (Å²) in [4.78, 5) is 10.8. The molecule has 0 saturated heterocycles. The highest BCUT2D eigenvalue weighted by molar-refractivity contribution is 5.72. The van der Waals surface area contributed by atoms with Gasteiger partial charge in [-0.2, -0.15) is 0 Å². The number of aryl methyl sites for hydroxylation is 2. The molecule has 0 saturated carbocycles. The zero-order chi connectivity index (χ0) is 11.4. The fourth-order valence-electron chi connectivity index (χ4n) is 1.30. The first-order valence-corrected chi connectivity index (χ1v) is 5.01. The van der Waals surface area contributed by atoms with Crippen LogP contribution in [0, 0.1) is 13.8 Å². The Morgan fingerprint density at radius 2 is 2.13 bits per heavy atom. The van der Waals surface area contributed by atoms with Gasteiger partial charge in [-0.1, -0.05) is 19.1 Å². The van der Waals surface area contributed by atoms with Crippen LogP contribution in [0.25, 0.3) is 0 Å². The Morgan fingerprint density at radius 1 is 1.47 bits per heavy atom. The second kappa shape index (κ2) is 4.82. The van der Waals surface area contributed by atoms with Gasteiger partial charge in [-0.3, -0.25) is 0 Å². The summed E-state index contributed by atoms with van der Waals surface area (Å²) in [6.07, 6.45) is -0.298. The van der Waals surface area contributed by atoms with Crippen molar-refractivity contribution in [2.24, 2.45) is 0 Å². The molecule has 0 spiro atoms. The van der Waals surface area contributed by atoms with Crippen molar-refractivity contribution in [1.29, 1.82) is 0 Å². The third kappa shape index (κ3) is 2.98. The van der Waals surface area contributed by atoms with Gasteiger partial charge in [0.1, 0.15) is 5.75 Å². The van der Waals surface area contributed by atoms with Crippen LogP contribution in [0.1, 0.15) is 24.5 Å². The van der Waals surface area contributed by atoms with Crippen LogP contribution in [0.4, 0.5) is 0 Å². The minimum atomic E-state index is -0.918. The van der Waals surface area contributed by atoms with E-state index in [4.69, 9.17) is 9.84 Å². The molecule has 0 bridgehead atoms. The van der Waals surface area contributed by atoms with Gasteiger partial charge in [0.2, 0.25) is 0 Å². The summed E-state index contributed by atoms with van der Waals surface area (Å²) >= 11 is 0. The summed E-state index contributed by atoms with van der Waals surface area (Å²) < 4.78 is 5.44. The average Bonchev–Trinajstić information content (AvgIpc) is 2.18. The normalized spacial score (nSPS) is 12.2. The summed E-state index contributed by atoms with van der Waals surface area (Å²) in [5.74, 6) is -0.261. The number of aliphatic carboxylic acids is 1. The highest BCUT2D eigenvalue weighted by atomic mass is 16.5. The summed E-state index contributed by atoms with van der Waals surface area (Å²) in [6, 6.07) is 5.77. The van der Waals surface area contributed by atoms with Crippen molar-refractivity contribution in [3.8, 4) is 5.75 Å². The zero-order valence-corrected chi connectivity index (χ0v) is 9.28. The van der Waals surface area contributed by atoms with E-state index in [-0.39, 0.29) is 0 Å². The standard InChI is InChI=1S/C12H16O3/c1-4-10(12(13)14)15-11-7-8(2)5-6-9(11)3/h5-7,10H,4H2,1-3H3,(H,13,14)/t10-/m0/s1. The maximum Gasteiger partial charge on any atom is 0.344 e. The second-order valence-corrected chi connectivity index (χ2v) is 3.62. The fourth-order valence-corrected chi connectivity index (χ4v) is 1.30. The van der Waals surface area contributed by atoms with E-state index in [0.717, 1.165) is 11.1 Å². The molecule has 1 rings (SSSR count). The number of carboxylic acids is 1. The van der Waals surface area contributed by atoms with Gasteiger partial charge in [-0.25, -0.2) is 4.79 Å². The first-order chi connectivity index (χ1) is 7.04. The van der Waals surface area contributed by atoms with E-state index < -0.39 is 12.1 Å². The Labute approximate surface area is 89.7 Å². The van der Waals surface area contributed by atoms with E-state index in [1.54, 1.807) is 6.92 Å². The molecule has 1 aromatic rings. The monoisotopic (exact) mass is 208 g/mol. The van der Waals surface area contributed by atoms with Crippen LogP contribution < -0.4 is 4.74 Å². The van der Waals surface area contributed by atoms with Gasteiger partial charge in [-0.15, -0.1) is 0 Å². The molecule has 0 unspecified atom stereocenters. The lowest BCUT2D eigenvalue weighted by molar-refractivity contribution is -0.145. The quantitative estimate of drug-likeness (QED) is 0.827. The molecule has 3 heteroatoms. The average molecular weight is 208 g/mol. The van der Waals surface area contributed by atoms with Gasteiger partial charge in [0.15, 0.2) is 6.10 Å². The van der Waals surface area contributed by atoms with Crippen LogP contribution in [0.15, 0.2) is 18.2 Å². The van der Waals surface area contributed by atoms with E-state index in [2.05, 4.69) is 0 Å². The van der Waals surface area contributed by atoms with E-state index in [9.17, 15) is 4.79 Å². The predicted molar refractivity (Wildman–Crippen MR) is 58.3 cm³/mol. The Hall–Kier alpha value is -1.51. The highest BCUT2D eigenvalue weighted by Crippen LogP contribution is 2.21. The van der Waals surface area contributed by atoms with Crippen molar-refractivity contribution in [3.63, 3.8) is 0 Å². The molecular formula is C12H16O3. The van der Waals surface area contributed by atoms with Crippen LogP contribution in [0.2, 0.25) is 0 Å². The highest BCUT2D eigenvalue weighted by Gasteiger charge is 2.17. The van der Waals surface area contributed by atoms with Gasteiger partial charge in [0.25, 0.3) is 0 Å². The third-order valence-electron chi connectivity index (χ3n) is 2.26. The summed E-state index contributed by atoms with van der Waals surface area (Å²) in [6.45, 7) is 5.65. The lowest BCUT2D eigenvalue weighted by Crippen LogP contribution is -2.26. The molecule has 0 aliphatic heterocycles. The Morgan fingerprint density at radius 3 is 2.67 bits per heavy atom. The minimum Gasteiger partial charge on any atom is -0.479 e. The van der Waals surface area contributed by atoms with Crippen LogP contribution in [-0.2, 0) is 4.79 Å². The van der Waals surface area contributed by atoms with Crippen molar-refractivity contribution >= 4 is 5.97 Å². The number of carbonyl (C=O) groups is 1. The SMILES string of the molecule is CC[C@H](Oc1cc(C)ccc1C)C(=O)O. The topological polar surface area (TPSA) is 46.5 Å². The van der Waals surface area contributed by atoms with Crippen LogP contribution >= 0.6 is 0 Å². The minimum absolute atomic E-state index is 0.461. The van der Waals surface area contributed by atoms with Gasteiger partial charge in [0, 0.05) is 0 Å². The largest absolute Gasteiger partial charge is 0.479 e. The molecule has 1 aromatic carbocycles. The Balaban J connectivity index is 2.87. The molecule has 0 fully saturated rings. The first kappa shape index (κ1) is 11.6. The zero-order valence-electron chi connectivity index (χ0n) is 9.28. The molecule has 15 heavy (non-hydrogen) atoms. The number of hydrogen-bond acceptors (Lipinski definition) is 2. The Kier molecular flexibility index (Phi) is 3.72.